The van der Waals surface area contributed by atoms with E-state index in [1.165, 1.54) is 22.9 Å². The number of nitriles is 1. The van der Waals surface area contributed by atoms with Crippen LogP contribution < -0.4 is 5.43 Å². The lowest BCUT2D eigenvalue weighted by atomic mass is 10.2. The van der Waals surface area contributed by atoms with Gasteiger partial charge in [-0.2, -0.15) is 10.4 Å². The second-order valence-electron chi connectivity index (χ2n) is 3.82. The van der Waals surface area contributed by atoms with Gasteiger partial charge in [-0.25, -0.2) is 9.07 Å². The Balaban J connectivity index is 2.57. The molecule has 0 aliphatic carbocycles. The van der Waals surface area contributed by atoms with Crippen molar-refractivity contribution in [3.05, 3.63) is 57.8 Å². The van der Waals surface area contributed by atoms with Gasteiger partial charge in [-0.1, -0.05) is 0 Å². The minimum atomic E-state index is -0.338. The fraction of sp³-hybridized carbons (Fsp3) is 0.154. The number of hydrogen-bond acceptors (Lipinski definition) is 3. The van der Waals surface area contributed by atoms with Crippen LogP contribution >= 0.6 is 0 Å². The fourth-order valence-corrected chi connectivity index (χ4v) is 1.62. The van der Waals surface area contributed by atoms with E-state index in [-0.39, 0.29) is 23.4 Å². The number of aryl methyl sites for hydroxylation is 1. The molecule has 18 heavy (non-hydrogen) atoms. The van der Waals surface area contributed by atoms with E-state index in [9.17, 15) is 9.18 Å². The molecule has 0 bridgehead atoms. The monoisotopic (exact) mass is 243 g/mol. The van der Waals surface area contributed by atoms with Gasteiger partial charge in [-0.15, -0.1) is 0 Å². The molecule has 0 aliphatic rings. The van der Waals surface area contributed by atoms with Crippen molar-refractivity contribution in [2.45, 2.75) is 13.3 Å². The Morgan fingerprint density at radius 1 is 1.39 bits per heavy atom. The first-order valence-corrected chi connectivity index (χ1v) is 5.34. The number of halogens is 1. The molecular formula is C13H10FN3O. The van der Waals surface area contributed by atoms with Crippen LogP contribution in [0.1, 0.15) is 11.4 Å². The summed E-state index contributed by atoms with van der Waals surface area (Å²) in [5, 5.41) is 12.7. The van der Waals surface area contributed by atoms with Crippen LogP contribution in [0.5, 0.6) is 0 Å². The minimum absolute atomic E-state index is 0.0414. The highest BCUT2D eigenvalue weighted by atomic mass is 19.1. The van der Waals surface area contributed by atoms with Crippen LogP contribution in [-0.4, -0.2) is 9.78 Å². The Morgan fingerprint density at radius 2 is 2.06 bits per heavy atom. The molecule has 0 spiro atoms. The van der Waals surface area contributed by atoms with Crippen molar-refractivity contribution >= 4 is 0 Å². The summed E-state index contributed by atoms with van der Waals surface area (Å²) in [6.07, 6.45) is -0.0414. The van der Waals surface area contributed by atoms with Gasteiger partial charge >= 0.3 is 0 Å². The van der Waals surface area contributed by atoms with Crippen molar-refractivity contribution in [2.24, 2.45) is 0 Å². The standard InChI is InChI=1S/C13H10FN3O/c1-9-8-13(18)12(6-7-15)16-17(9)11-4-2-10(14)3-5-11/h2-5,8H,6H2,1H3. The molecule has 0 atom stereocenters. The Bertz CT molecular complexity index is 668. The van der Waals surface area contributed by atoms with Crippen molar-refractivity contribution in [3.8, 4) is 11.8 Å². The molecule has 5 heteroatoms. The molecule has 0 radical (unpaired) electrons. The second kappa shape index (κ2) is 4.80. The highest BCUT2D eigenvalue weighted by Crippen LogP contribution is 2.09. The van der Waals surface area contributed by atoms with Gasteiger partial charge in [0, 0.05) is 11.8 Å². The van der Waals surface area contributed by atoms with E-state index in [0.29, 0.717) is 11.4 Å². The third kappa shape index (κ3) is 2.28. The molecule has 1 aromatic carbocycles. The van der Waals surface area contributed by atoms with Crippen LogP contribution in [0.2, 0.25) is 0 Å². The summed E-state index contributed by atoms with van der Waals surface area (Å²) in [4.78, 5) is 11.6. The summed E-state index contributed by atoms with van der Waals surface area (Å²) in [6.45, 7) is 1.73. The normalized spacial score (nSPS) is 10.1. The minimum Gasteiger partial charge on any atom is -0.288 e. The molecule has 0 aliphatic heterocycles. The van der Waals surface area contributed by atoms with E-state index < -0.39 is 0 Å². The number of nitrogens with zero attached hydrogens (tertiary/aromatic N) is 3. The molecule has 0 N–H and O–H groups in total. The molecule has 4 nitrogen and oxygen atoms in total. The quantitative estimate of drug-likeness (QED) is 0.807. The number of hydrogen-bond donors (Lipinski definition) is 0. The topological polar surface area (TPSA) is 58.7 Å². The van der Waals surface area contributed by atoms with Gasteiger partial charge in [0.05, 0.1) is 18.2 Å². The van der Waals surface area contributed by atoms with E-state index in [0.717, 1.165) is 0 Å². The molecule has 0 saturated carbocycles. The summed E-state index contributed by atoms with van der Waals surface area (Å²) in [7, 11) is 0. The first-order valence-electron chi connectivity index (χ1n) is 5.34. The fourth-order valence-electron chi connectivity index (χ4n) is 1.62. The van der Waals surface area contributed by atoms with Crippen LogP contribution in [0.3, 0.4) is 0 Å². The lowest BCUT2D eigenvalue weighted by molar-refractivity contribution is 0.626. The summed E-state index contributed by atoms with van der Waals surface area (Å²) in [5.41, 5.74) is 1.21. The van der Waals surface area contributed by atoms with Crippen molar-refractivity contribution in [1.29, 1.82) is 5.26 Å². The maximum atomic E-state index is 12.8. The Kier molecular flexibility index (Phi) is 3.20. The van der Waals surface area contributed by atoms with Gasteiger partial charge in [0.15, 0.2) is 0 Å². The Labute approximate surface area is 103 Å². The van der Waals surface area contributed by atoms with Crippen LogP contribution in [0.4, 0.5) is 4.39 Å². The van der Waals surface area contributed by atoms with Gasteiger partial charge in [-0.3, -0.25) is 4.79 Å². The lowest BCUT2D eigenvalue weighted by Crippen LogP contribution is -2.18. The average molecular weight is 243 g/mol. The zero-order chi connectivity index (χ0) is 13.1. The molecular weight excluding hydrogens is 233 g/mol. The van der Waals surface area contributed by atoms with Crippen LogP contribution in [0.15, 0.2) is 35.1 Å². The van der Waals surface area contributed by atoms with Crippen molar-refractivity contribution in [1.82, 2.24) is 9.78 Å². The third-order valence-corrected chi connectivity index (χ3v) is 2.50. The highest BCUT2D eigenvalue weighted by molar-refractivity contribution is 5.33. The number of rotatable bonds is 2. The van der Waals surface area contributed by atoms with Gasteiger partial charge in [0.25, 0.3) is 0 Å². The number of benzene rings is 1. The van der Waals surface area contributed by atoms with E-state index in [1.54, 1.807) is 19.1 Å². The first kappa shape index (κ1) is 12.0. The third-order valence-electron chi connectivity index (χ3n) is 2.50. The SMILES string of the molecule is Cc1cc(=O)c(CC#N)nn1-c1ccc(F)cc1. The van der Waals surface area contributed by atoms with Gasteiger partial charge in [0.1, 0.15) is 11.5 Å². The van der Waals surface area contributed by atoms with E-state index in [4.69, 9.17) is 5.26 Å². The number of aromatic nitrogens is 2. The van der Waals surface area contributed by atoms with Crippen molar-refractivity contribution < 1.29 is 4.39 Å². The smallest absolute Gasteiger partial charge is 0.204 e. The lowest BCUT2D eigenvalue weighted by Gasteiger charge is -2.10. The van der Waals surface area contributed by atoms with Crippen LogP contribution in [0, 0.1) is 24.1 Å². The van der Waals surface area contributed by atoms with E-state index in [2.05, 4.69) is 5.10 Å². The van der Waals surface area contributed by atoms with Gasteiger partial charge in [0.2, 0.25) is 5.43 Å². The molecule has 0 unspecified atom stereocenters. The summed E-state index contributed by atoms with van der Waals surface area (Å²) >= 11 is 0. The molecule has 1 heterocycles. The Hall–Kier alpha value is -2.48. The second-order valence-corrected chi connectivity index (χ2v) is 3.82. The largest absolute Gasteiger partial charge is 0.288 e. The Morgan fingerprint density at radius 3 is 2.67 bits per heavy atom. The van der Waals surface area contributed by atoms with Crippen molar-refractivity contribution in [2.75, 3.05) is 0 Å². The zero-order valence-electron chi connectivity index (χ0n) is 9.72. The predicted octanol–water partition coefficient (Wildman–Crippen LogP) is 1.75. The average Bonchev–Trinajstić information content (AvgIpc) is 2.34. The van der Waals surface area contributed by atoms with E-state index in [1.807, 2.05) is 6.07 Å². The van der Waals surface area contributed by atoms with Crippen LogP contribution in [0.25, 0.3) is 5.69 Å². The predicted molar refractivity (Wildman–Crippen MR) is 63.8 cm³/mol. The molecule has 0 saturated heterocycles. The summed E-state index contributed by atoms with van der Waals surface area (Å²) in [6, 6.07) is 9.08. The van der Waals surface area contributed by atoms with E-state index >= 15 is 0 Å². The molecule has 90 valence electrons. The molecule has 1 aromatic heterocycles. The summed E-state index contributed by atoms with van der Waals surface area (Å²) in [5.74, 6) is -0.338. The maximum absolute atomic E-state index is 12.8. The zero-order valence-corrected chi connectivity index (χ0v) is 9.72. The van der Waals surface area contributed by atoms with Crippen LogP contribution in [-0.2, 0) is 6.42 Å². The maximum Gasteiger partial charge on any atom is 0.204 e. The highest BCUT2D eigenvalue weighted by Gasteiger charge is 2.07. The first-order chi connectivity index (χ1) is 8.61. The molecule has 0 fully saturated rings. The van der Waals surface area contributed by atoms with Gasteiger partial charge < -0.3 is 0 Å². The molecule has 2 rings (SSSR count). The van der Waals surface area contributed by atoms with Crippen molar-refractivity contribution in [3.63, 3.8) is 0 Å². The summed E-state index contributed by atoms with van der Waals surface area (Å²) < 4.78 is 14.4. The molecule has 2 aromatic rings. The molecule has 0 amide bonds. The van der Waals surface area contributed by atoms with Gasteiger partial charge in [-0.05, 0) is 31.2 Å².